The largest absolute Gasteiger partial charge is 0.469 e. The lowest BCUT2D eigenvalue weighted by molar-refractivity contribution is -0.0425. The van der Waals surface area contributed by atoms with E-state index in [1.54, 1.807) is 0 Å². The van der Waals surface area contributed by atoms with Gasteiger partial charge in [-0.1, -0.05) is 0 Å². The van der Waals surface area contributed by atoms with E-state index in [9.17, 15) is 14.5 Å². The molecule has 0 radical (unpaired) electrons. The van der Waals surface area contributed by atoms with Crippen LogP contribution in [0.4, 0.5) is 5.82 Å². The molecule has 1 fully saturated rings. The van der Waals surface area contributed by atoms with Crippen molar-refractivity contribution in [2.45, 2.75) is 24.9 Å². The van der Waals surface area contributed by atoms with Gasteiger partial charge < -0.3 is 25.4 Å². The van der Waals surface area contributed by atoms with Gasteiger partial charge in [-0.25, -0.2) is 14.3 Å². The molecule has 24 heavy (non-hydrogen) atoms. The van der Waals surface area contributed by atoms with Crippen molar-refractivity contribution in [3.8, 4) is 0 Å². The molecule has 1 aliphatic rings. The Bertz CT molecular complexity index is 874. The molecule has 0 saturated carbocycles. The number of nitrogens with two attached hydrogens (primary N) is 1. The Labute approximate surface area is 134 Å². The normalized spacial score (nSPS) is 24.8. The Morgan fingerprint density at radius 2 is 2.25 bits per heavy atom. The monoisotopic (exact) mass is 361 g/mol. The predicted octanol–water partition coefficient (Wildman–Crippen LogP) is -1.53. The molecule has 132 valence electrons. The smallest absolute Gasteiger partial charge is 0.390 e. The molecule has 13 heteroatoms. The van der Waals surface area contributed by atoms with Crippen molar-refractivity contribution in [2.75, 3.05) is 12.3 Å². The van der Waals surface area contributed by atoms with Crippen LogP contribution in [0.3, 0.4) is 0 Å². The van der Waals surface area contributed by atoms with Gasteiger partial charge in [0.05, 0.1) is 19.0 Å². The number of phosphoric acid groups is 1. The summed E-state index contributed by atoms with van der Waals surface area (Å²) in [5.41, 5.74) is 5.80. The number of aliphatic hydroxyl groups is 1. The zero-order valence-corrected chi connectivity index (χ0v) is 13.4. The third-order valence-electron chi connectivity index (χ3n) is 3.75. The third kappa shape index (κ3) is 3.07. The Balaban J connectivity index is 1.90. The highest BCUT2D eigenvalue weighted by Crippen LogP contribution is 2.38. The number of ether oxygens (including phenoxy) is 1. The maximum absolute atomic E-state index is 11.8. The van der Waals surface area contributed by atoms with Crippen molar-refractivity contribution in [3.63, 3.8) is 0 Å². The van der Waals surface area contributed by atoms with Crippen LogP contribution in [0.5, 0.6) is 0 Å². The maximum atomic E-state index is 11.8. The fraction of sp³-hybridized carbons (Fsp3) is 0.545. The van der Waals surface area contributed by atoms with Gasteiger partial charge in [0.25, 0.3) is 0 Å². The number of aliphatic hydroxyl groups excluding tert-OH is 1. The summed E-state index contributed by atoms with van der Waals surface area (Å²) in [6, 6.07) is 0. The molecular weight excluding hydrogens is 345 g/mol. The molecule has 3 atom stereocenters. The number of anilines is 1. The van der Waals surface area contributed by atoms with Crippen LogP contribution in [0.2, 0.25) is 0 Å². The fourth-order valence-electron chi connectivity index (χ4n) is 2.61. The van der Waals surface area contributed by atoms with Crippen molar-refractivity contribution in [1.29, 1.82) is 0 Å². The topological polar surface area (TPSA) is 175 Å². The fourth-order valence-corrected chi connectivity index (χ4v) is 2.95. The number of aromatic nitrogens is 4. The van der Waals surface area contributed by atoms with Crippen molar-refractivity contribution in [3.05, 3.63) is 16.8 Å². The van der Waals surface area contributed by atoms with Gasteiger partial charge in [0.1, 0.15) is 23.5 Å². The van der Waals surface area contributed by atoms with Gasteiger partial charge in [0, 0.05) is 13.5 Å². The minimum atomic E-state index is -4.67. The number of hydrogen-bond donors (Lipinski definition) is 4. The number of fused-ring (bicyclic) bond motifs is 1. The van der Waals surface area contributed by atoms with Gasteiger partial charge in [0.15, 0.2) is 5.82 Å². The summed E-state index contributed by atoms with van der Waals surface area (Å²) in [5.74, 6) is -0.0215. The Morgan fingerprint density at radius 1 is 1.54 bits per heavy atom. The van der Waals surface area contributed by atoms with Gasteiger partial charge in [0.2, 0.25) is 0 Å². The highest BCUT2D eigenvalue weighted by Gasteiger charge is 2.37. The summed E-state index contributed by atoms with van der Waals surface area (Å²) < 4.78 is 23.5. The molecule has 1 aliphatic heterocycles. The molecule has 0 unspecified atom stereocenters. The summed E-state index contributed by atoms with van der Waals surface area (Å²) in [7, 11) is -3.17. The van der Waals surface area contributed by atoms with Gasteiger partial charge in [-0.3, -0.25) is 13.7 Å². The van der Waals surface area contributed by atoms with E-state index in [4.69, 9.17) is 20.3 Å². The molecular formula is C11H16N5O7P. The second kappa shape index (κ2) is 5.92. The van der Waals surface area contributed by atoms with Crippen LogP contribution < -0.4 is 11.4 Å². The van der Waals surface area contributed by atoms with Crippen LogP contribution in [0, 0.1) is 0 Å². The van der Waals surface area contributed by atoms with E-state index in [0.717, 1.165) is 0 Å². The van der Waals surface area contributed by atoms with Crippen molar-refractivity contribution in [2.24, 2.45) is 7.05 Å². The average molecular weight is 361 g/mol. The molecule has 12 nitrogen and oxygen atoms in total. The number of aryl methyl sites for hydroxylation is 1. The number of imidazole rings is 1. The van der Waals surface area contributed by atoms with Crippen LogP contribution in [-0.4, -0.2) is 52.8 Å². The molecule has 3 rings (SSSR count). The van der Waals surface area contributed by atoms with Crippen molar-refractivity contribution < 1.29 is 28.7 Å². The van der Waals surface area contributed by atoms with Crippen LogP contribution in [0.25, 0.3) is 11.2 Å². The Hall–Kier alpha value is -1.82. The first-order chi connectivity index (χ1) is 11.2. The van der Waals surface area contributed by atoms with E-state index in [2.05, 4.69) is 14.5 Å². The highest BCUT2D eigenvalue weighted by molar-refractivity contribution is 7.46. The van der Waals surface area contributed by atoms with Gasteiger partial charge in [-0.05, 0) is 0 Å². The van der Waals surface area contributed by atoms with E-state index in [-0.39, 0.29) is 12.2 Å². The molecule has 0 aromatic carbocycles. The molecule has 5 N–H and O–H groups in total. The number of rotatable bonds is 4. The van der Waals surface area contributed by atoms with Crippen LogP contribution >= 0.6 is 7.82 Å². The predicted molar refractivity (Wildman–Crippen MR) is 79.7 cm³/mol. The summed E-state index contributed by atoms with van der Waals surface area (Å²) in [6.07, 6.45) is -1.13. The first kappa shape index (κ1) is 17.0. The molecule has 3 heterocycles. The van der Waals surface area contributed by atoms with Gasteiger partial charge in [-0.2, -0.15) is 4.98 Å². The van der Waals surface area contributed by atoms with E-state index in [1.165, 1.54) is 22.5 Å². The highest BCUT2D eigenvalue weighted by atomic mass is 31.2. The first-order valence-corrected chi connectivity index (χ1v) is 8.43. The SMILES string of the molecule is Cn1c(=O)nc(N)c2ncn([C@H]3C[C@H](O)[C@@H](COP(=O)(O)O)O3)c21. The zero-order valence-electron chi connectivity index (χ0n) is 12.5. The number of nitrogens with zero attached hydrogens (tertiary/aromatic N) is 4. The van der Waals surface area contributed by atoms with Crippen molar-refractivity contribution in [1.82, 2.24) is 19.1 Å². The third-order valence-corrected chi connectivity index (χ3v) is 4.24. The number of nitrogen functional groups attached to an aromatic ring is 1. The molecule has 2 aromatic rings. The maximum Gasteiger partial charge on any atom is 0.469 e. The van der Waals surface area contributed by atoms with Crippen LogP contribution in [0.15, 0.2) is 11.1 Å². The second-order valence-electron chi connectivity index (χ2n) is 5.38. The first-order valence-electron chi connectivity index (χ1n) is 6.90. The lowest BCUT2D eigenvalue weighted by Gasteiger charge is -2.17. The van der Waals surface area contributed by atoms with Gasteiger partial charge >= 0.3 is 13.5 Å². The summed E-state index contributed by atoms with van der Waals surface area (Å²) in [4.78, 5) is 37.0. The zero-order chi connectivity index (χ0) is 17.6. The van der Waals surface area contributed by atoms with Crippen LogP contribution in [-0.2, 0) is 20.9 Å². The summed E-state index contributed by atoms with van der Waals surface area (Å²) in [5, 5.41) is 10.0. The lowest BCUT2D eigenvalue weighted by atomic mass is 10.2. The lowest BCUT2D eigenvalue weighted by Crippen LogP contribution is -2.26. The van der Waals surface area contributed by atoms with E-state index < -0.39 is 38.6 Å². The molecule has 0 spiro atoms. The molecule has 0 amide bonds. The van der Waals surface area contributed by atoms with E-state index in [1.807, 2.05) is 0 Å². The minimum Gasteiger partial charge on any atom is -0.390 e. The molecule has 0 aliphatic carbocycles. The Morgan fingerprint density at radius 3 is 2.92 bits per heavy atom. The number of phosphoric ester groups is 1. The standard InChI is InChI=1S/C11H16N5O7P/c1-15-10-8(9(12)14-11(15)18)13-4-16(10)7-2-5(17)6(23-7)3-22-24(19,20)21/h4-7,17H,2-3H2,1H3,(H2,12,14,18)(H2,19,20,21)/t5-,6+,7+/m0/s1. The molecule has 0 bridgehead atoms. The molecule has 2 aromatic heterocycles. The average Bonchev–Trinajstić information content (AvgIpc) is 3.06. The number of hydrogen-bond acceptors (Lipinski definition) is 8. The summed E-state index contributed by atoms with van der Waals surface area (Å²) >= 11 is 0. The second-order valence-corrected chi connectivity index (χ2v) is 6.62. The van der Waals surface area contributed by atoms with Crippen molar-refractivity contribution >= 4 is 24.8 Å². The Kier molecular flexibility index (Phi) is 4.20. The van der Waals surface area contributed by atoms with Crippen LogP contribution in [0.1, 0.15) is 12.6 Å². The van der Waals surface area contributed by atoms with E-state index >= 15 is 0 Å². The van der Waals surface area contributed by atoms with E-state index in [0.29, 0.717) is 11.2 Å². The summed E-state index contributed by atoms with van der Waals surface area (Å²) in [6.45, 7) is -0.475. The van der Waals surface area contributed by atoms with Gasteiger partial charge in [-0.15, -0.1) is 0 Å². The molecule has 1 saturated heterocycles. The quantitative estimate of drug-likeness (QED) is 0.467. The minimum absolute atomic E-state index is 0.0215.